The fourth-order valence-electron chi connectivity index (χ4n) is 3.38. The summed E-state index contributed by atoms with van der Waals surface area (Å²) in [4.78, 5) is 2.25. The molecule has 0 aliphatic heterocycles. The smallest absolute Gasteiger partial charge is 0.00101 e. The molecular weight excluding hydrogens is 266 g/mol. The summed E-state index contributed by atoms with van der Waals surface area (Å²) in [6, 6.07) is 15.6. The quantitative estimate of drug-likeness (QED) is 0.806. The van der Waals surface area contributed by atoms with Gasteiger partial charge in [-0.3, -0.25) is 0 Å². The van der Waals surface area contributed by atoms with E-state index in [1.807, 2.05) is 0 Å². The van der Waals surface area contributed by atoms with Crippen LogP contribution in [0.3, 0.4) is 0 Å². The van der Waals surface area contributed by atoms with Crippen LogP contribution in [0.2, 0.25) is 0 Å². The summed E-state index contributed by atoms with van der Waals surface area (Å²) >= 11 is 0. The second kappa shape index (κ2) is 6.50. The second-order valence-corrected chi connectivity index (χ2v) is 6.47. The van der Waals surface area contributed by atoms with Gasteiger partial charge in [0.15, 0.2) is 0 Å². The second-order valence-electron chi connectivity index (χ2n) is 6.47. The van der Waals surface area contributed by atoms with E-state index in [2.05, 4.69) is 74.5 Å². The molecule has 0 atom stereocenters. The molecule has 2 aromatic carbocycles. The molecule has 0 saturated heterocycles. The predicted octanol–water partition coefficient (Wildman–Crippen LogP) is 4.48. The third-order valence-corrected chi connectivity index (χ3v) is 4.58. The minimum Gasteiger partial charge on any atom is -0.309 e. The van der Waals surface area contributed by atoms with Crippen molar-refractivity contribution in [1.82, 2.24) is 4.90 Å². The van der Waals surface area contributed by atoms with Crippen LogP contribution in [0, 0.1) is 6.92 Å². The molecule has 0 heterocycles. The molecule has 0 aromatic heterocycles. The minimum absolute atomic E-state index is 1.09. The van der Waals surface area contributed by atoms with Crippen LogP contribution in [0.1, 0.15) is 34.2 Å². The molecule has 3 rings (SSSR count). The number of fused-ring (bicyclic) bond motifs is 2. The highest BCUT2D eigenvalue weighted by molar-refractivity contribution is 5.84. The van der Waals surface area contributed by atoms with E-state index in [0.29, 0.717) is 0 Å². The monoisotopic (exact) mass is 291 g/mol. The van der Waals surface area contributed by atoms with Crippen molar-refractivity contribution in [2.24, 2.45) is 0 Å². The fraction of sp³-hybridized carbons (Fsp3) is 0.333. The predicted molar refractivity (Wildman–Crippen MR) is 95.3 cm³/mol. The Morgan fingerprint density at radius 2 is 1.73 bits per heavy atom. The fourth-order valence-corrected chi connectivity index (χ4v) is 3.38. The van der Waals surface area contributed by atoms with Crippen LogP contribution in [0.4, 0.5) is 0 Å². The van der Waals surface area contributed by atoms with E-state index in [-0.39, 0.29) is 0 Å². The molecule has 0 bridgehead atoms. The van der Waals surface area contributed by atoms with Gasteiger partial charge in [-0.15, -0.1) is 0 Å². The first-order chi connectivity index (χ1) is 10.7. The lowest BCUT2D eigenvalue weighted by Crippen LogP contribution is -2.12. The van der Waals surface area contributed by atoms with Crippen LogP contribution < -0.4 is 0 Å². The first-order valence-corrected chi connectivity index (χ1v) is 8.19. The van der Waals surface area contributed by atoms with E-state index in [0.717, 1.165) is 25.8 Å². The summed E-state index contributed by atoms with van der Waals surface area (Å²) in [6.07, 6.45) is 5.80. The van der Waals surface area contributed by atoms with Crippen LogP contribution in [0.15, 0.2) is 48.5 Å². The van der Waals surface area contributed by atoms with Crippen molar-refractivity contribution in [2.75, 3.05) is 20.6 Å². The number of rotatable bonds is 3. The average Bonchev–Trinajstić information content (AvgIpc) is 2.66. The lowest BCUT2D eigenvalue weighted by atomic mass is 9.91. The highest BCUT2D eigenvalue weighted by Gasteiger charge is 2.18. The van der Waals surface area contributed by atoms with Gasteiger partial charge in [0.05, 0.1) is 0 Å². The van der Waals surface area contributed by atoms with Crippen LogP contribution >= 0.6 is 0 Å². The maximum absolute atomic E-state index is 2.43. The molecule has 0 unspecified atom stereocenters. The molecule has 114 valence electrons. The zero-order valence-electron chi connectivity index (χ0n) is 13.9. The molecule has 0 fully saturated rings. The number of nitrogens with zero attached hydrogens (tertiary/aromatic N) is 1. The summed E-state index contributed by atoms with van der Waals surface area (Å²) in [5.74, 6) is 0. The number of hydrogen-bond acceptors (Lipinski definition) is 1. The van der Waals surface area contributed by atoms with Crippen LogP contribution in [-0.2, 0) is 12.8 Å². The normalized spacial score (nSPS) is 15.5. The van der Waals surface area contributed by atoms with E-state index in [1.165, 1.54) is 33.4 Å². The number of aryl methyl sites for hydroxylation is 2. The Labute approximate surface area is 134 Å². The molecule has 0 amide bonds. The lowest BCUT2D eigenvalue weighted by Gasteiger charge is -2.14. The molecule has 1 aliphatic rings. The van der Waals surface area contributed by atoms with E-state index in [9.17, 15) is 0 Å². The highest BCUT2D eigenvalue weighted by atomic mass is 15.0. The van der Waals surface area contributed by atoms with Crippen molar-refractivity contribution in [3.63, 3.8) is 0 Å². The minimum atomic E-state index is 1.09. The van der Waals surface area contributed by atoms with Crippen molar-refractivity contribution in [1.29, 1.82) is 0 Å². The zero-order valence-corrected chi connectivity index (χ0v) is 13.9. The zero-order chi connectivity index (χ0) is 15.5. The lowest BCUT2D eigenvalue weighted by molar-refractivity contribution is 0.417. The molecule has 0 saturated carbocycles. The molecule has 1 aliphatic carbocycles. The van der Waals surface area contributed by atoms with Crippen molar-refractivity contribution in [2.45, 2.75) is 26.2 Å². The number of benzene rings is 2. The Bertz CT molecular complexity index is 695. The molecule has 1 nitrogen and oxygen atoms in total. The van der Waals surface area contributed by atoms with Gasteiger partial charge in [-0.1, -0.05) is 48.5 Å². The van der Waals surface area contributed by atoms with E-state index in [1.54, 1.807) is 0 Å². The van der Waals surface area contributed by atoms with Crippen molar-refractivity contribution in [3.05, 3.63) is 76.4 Å². The molecule has 22 heavy (non-hydrogen) atoms. The molecule has 2 aromatic rings. The largest absolute Gasteiger partial charge is 0.309 e. The van der Waals surface area contributed by atoms with E-state index >= 15 is 0 Å². The van der Waals surface area contributed by atoms with Crippen LogP contribution in [0.5, 0.6) is 0 Å². The summed E-state index contributed by atoms with van der Waals surface area (Å²) in [6.45, 7) is 3.33. The summed E-state index contributed by atoms with van der Waals surface area (Å²) in [5, 5.41) is 0. The third kappa shape index (κ3) is 3.00. The van der Waals surface area contributed by atoms with Gasteiger partial charge in [0, 0.05) is 6.54 Å². The van der Waals surface area contributed by atoms with Crippen molar-refractivity contribution < 1.29 is 0 Å². The van der Waals surface area contributed by atoms with Gasteiger partial charge >= 0.3 is 0 Å². The highest BCUT2D eigenvalue weighted by Crippen LogP contribution is 2.34. The van der Waals surface area contributed by atoms with E-state index in [4.69, 9.17) is 0 Å². The van der Waals surface area contributed by atoms with Gasteiger partial charge in [0.1, 0.15) is 0 Å². The van der Waals surface area contributed by atoms with Gasteiger partial charge in [-0.25, -0.2) is 0 Å². The van der Waals surface area contributed by atoms with Gasteiger partial charge < -0.3 is 4.90 Å². The molecule has 0 N–H and O–H groups in total. The van der Waals surface area contributed by atoms with Crippen LogP contribution in [-0.4, -0.2) is 25.5 Å². The van der Waals surface area contributed by atoms with Gasteiger partial charge in [-0.05, 0) is 73.7 Å². The first-order valence-electron chi connectivity index (χ1n) is 8.19. The Hall–Kier alpha value is -1.86. The third-order valence-electron chi connectivity index (χ3n) is 4.58. The maximum atomic E-state index is 2.43. The van der Waals surface area contributed by atoms with Crippen molar-refractivity contribution in [3.8, 4) is 0 Å². The summed E-state index contributed by atoms with van der Waals surface area (Å²) < 4.78 is 0. The Morgan fingerprint density at radius 1 is 0.955 bits per heavy atom. The first kappa shape index (κ1) is 15.1. The molecule has 1 heteroatoms. The molecular formula is C21H25N. The number of hydrogen-bond donors (Lipinski definition) is 0. The Balaban J connectivity index is 2.11. The summed E-state index contributed by atoms with van der Waals surface area (Å²) in [5.41, 5.74) is 8.70. The van der Waals surface area contributed by atoms with Gasteiger partial charge in [0.25, 0.3) is 0 Å². The Morgan fingerprint density at radius 3 is 2.55 bits per heavy atom. The Kier molecular flexibility index (Phi) is 4.44. The van der Waals surface area contributed by atoms with E-state index < -0.39 is 0 Å². The maximum Gasteiger partial charge on any atom is 0.00101 e. The van der Waals surface area contributed by atoms with Crippen molar-refractivity contribution >= 4 is 5.57 Å². The average molecular weight is 291 g/mol. The summed E-state index contributed by atoms with van der Waals surface area (Å²) in [7, 11) is 4.27. The molecule has 0 spiro atoms. The van der Waals surface area contributed by atoms with Gasteiger partial charge in [0.2, 0.25) is 0 Å². The topological polar surface area (TPSA) is 3.24 Å². The van der Waals surface area contributed by atoms with Crippen LogP contribution in [0.25, 0.3) is 5.57 Å². The van der Waals surface area contributed by atoms with Gasteiger partial charge in [-0.2, -0.15) is 0 Å². The SMILES string of the molecule is Cc1cccc2c1CCc1ccccc1/C2=C/CCN(C)C. The molecule has 0 radical (unpaired) electrons. The standard InChI is InChI=1S/C21H25N/c1-16-8-6-11-20-18(16)14-13-17-9-4-5-10-19(17)21(20)12-7-15-22(2)3/h4-6,8-12H,7,13-15H2,1-3H3/b21-12-.